The predicted octanol–water partition coefficient (Wildman–Crippen LogP) is 6.04. The minimum absolute atomic E-state index is 0.101. The highest BCUT2D eigenvalue weighted by atomic mass is 35.5. The van der Waals surface area contributed by atoms with Crippen LogP contribution < -0.4 is 5.32 Å². The molecular formula is C26H26Cl2N2O2. The second-order valence-corrected chi connectivity index (χ2v) is 8.78. The zero-order valence-electron chi connectivity index (χ0n) is 18.1. The Morgan fingerprint density at radius 1 is 0.812 bits per heavy atom. The van der Waals surface area contributed by atoms with Crippen LogP contribution >= 0.6 is 23.2 Å². The van der Waals surface area contributed by atoms with E-state index in [1.165, 1.54) is 0 Å². The maximum Gasteiger partial charge on any atom is 0.247 e. The molecule has 166 valence electrons. The maximum absolute atomic E-state index is 13.4. The van der Waals surface area contributed by atoms with Crippen LogP contribution in [0.3, 0.4) is 0 Å². The second kappa shape index (κ2) is 11.2. The molecule has 3 aromatic rings. The van der Waals surface area contributed by atoms with Gasteiger partial charge in [0.05, 0.1) is 0 Å². The van der Waals surface area contributed by atoms with Crippen molar-refractivity contribution in [1.82, 2.24) is 10.2 Å². The SMILES string of the molecule is CC(C)C(=O)N(Cc1ccc(Cl)cc1)[C@H](C(=O)NCc1ccc(Cl)cc1)c1ccccc1. The van der Waals surface area contributed by atoms with Crippen molar-refractivity contribution in [3.05, 3.63) is 106 Å². The Morgan fingerprint density at radius 3 is 1.88 bits per heavy atom. The van der Waals surface area contributed by atoms with Gasteiger partial charge in [-0.25, -0.2) is 0 Å². The van der Waals surface area contributed by atoms with Crippen molar-refractivity contribution in [3.8, 4) is 0 Å². The van der Waals surface area contributed by atoms with Crippen LogP contribution in [0.1, 0.15) is 36.6 Å². The molecule has 0 aliphatic heterocycles. The van der Waals surface area contributed by atoms with Gasteiger partial charge in [-0.2, -0.15) is 0 Å². The summed E-state index contributed by atoms with van der Waals surface area (Å²) in [4.78, 5) is 28.3. The molecule has 0 fully saturated rings. The van der Waals surface area contributed by atoms with Gasteiger partial charge in [0.2, 0.25) is 11.8 Å². The summed E-state index contributed by atoms with van der Waals surface area (Å²) >= 11 is 12.0. The third kappa shape index (κ3) is 6.35. The summed E-state index contributed by atoms with van der Waals surface area (Å²) in [5.41, 5.74) is 2.58. The van der Waals surface area contributed by atoms with Crippen LogP contribution in [0, 0.1) is 5.92 Å². The summed E-state index contributed by atoms with van der Waals surface area (Å²) in [5, 5.41) is 4.25. The van der Waals surface area contributed by atoms with Crippen molar-refractivity contribution in [1.29, 1.82) is 0 Å². The van der Waals surface area contributed by atoms with Gasteiger partial charge in [0.1, 0.15) is 6.04 Å². The fourth-order valence-electron chi connectivity index (χ4n) is 3.41. The number of hydrogen-bond acceptors (Lipinski definition) is 2. The average Bonchev–Trinajstić information content (AvgIpc) is 2.79. The minimum atomic E-state index is -0.769. The molecule has 6 heteroatoms. The normalized spacial score (nSPS) is 11.8. The van der Waals surface area contributed by atoms with Gasteiger partial charge in [-0.15, -0.1) is 0 Å². The van der Waals surface area contributed by atoms with E-state index >= 15 is 0 Å². The molecule has 0 saturated heterocycles. The summed E-state index contributed by atoms with van der Waals surface area (Å²) < 4.78 is 0. The maximum atomic E-state index is 13.4. The van der Waals surface area contributed by atoms with E-state index in [2.05, 4.69) is 5.32 Å². The average molecular weight is 469 g/mol. The number of carbonyl (C=O) groups excluding carboxylic acids is 2. The Morgan fingerprint density at radius 2 is 1.34 bits per heavy atom. The molecule has 0 radical (unpaired) electrons. The Balaban J connectivity index is 1.92. The largest absolute Gasteiger partial charge is 0.350 e. The van der Waals surface area contributed by atoms with E-state index in [9.17, 15) is 9.59 Å². The van der Waals surface area contributed by atoms with E-state index < -0.39 is 6.04 Å². The summed E-state index contributed by atoms with van der Waals surface area (Å²) in [6.07, 6.45) is 0. The van der Waals surface area contributed by atoms with E-state index in [-0.39, 0.29) is 17.7 Å². The molecule has 3 aromatic carbocycles. The van der Waals surface area contributed by atoms with Gasteiger partial charge in [0.15, 0.2) is 0 Å². The molecule has 4 nitrogen and oxygen atoms in total. The fraction of sp³-hybridized carbons (Fsp3) is 0.231. The zero-order chi connectivity index (χ0) is 23.1. The molecule has 2 amide bonds. The standard InChI is InChI=1S/C26H26Cl2N2O2/c1-18(2)26(32)30(17-20-10-14-23(28)15-11-20)24(21-6-4-3-5-7-21)25(31)29-16-19-8-12-22(27)13-9-19/h3-15,18,24H,16-17H2,1-2H3,(H,29,31)/t24-/m0/s1. The highest BCUT2D eigenvalue weighted by Gasteiger charge is 2.32. The molecule has 0 aliphatic carbocycles. The molecule has 3 rings (SSSR count). The van der Waals surface area contributed by atoms with Crippen LogP contribution in [0.25, 0.3) is 0 Å². The first kappa shape index (κ1) is 23.8. The summed E-state index contributed by atoms with van der Waals surface area (Å²) in [7, 11) is 0. The third-order valence-electron chi connectivity index (χ3n) is 5.10. The van der Waals surface area contributed by atoms with Crippen molar-refractivity contribution in [2.75, 3.05) is 0 Å². The molecule has 0 saturated carbocycles. The summed E-state index contributed by atoms with van der Waals surface area (Å²) in [6, 6.07) is 23.2. The highest BCUT2D eigenvalue weighted by molar-refractivity contribution is 6.30. The van der Waals surface area contributed by atoms with Crippen molar-refractivity contribution in [2.45, 2.75) is 33.0 Å². The van der Waals surface area contributed by atoms with Gasteiger partial charge in [-0.3, -0.25) is 9.59 Å². The van der Waals surface area contributed by atoms with Crippen LogP contribution in [0.5, 0.6) is 0 Å². The van der Waals surface area contributed by atoms with E-state index in [1.807, 2.05) is 68.4 Å². The predicted molar refractivity (Wildman–Crippen MR) is 129 cm³/mol. The summed E-state index contributed by atoms with van der Waals surface area (Å²) in [5.74, 6) is -0.609. The van der Waals surface area contributed by atoms with Gasteiger partial charge in [-0.1, -0.05) is 91.6 Å². The Bertz CT molecular complexity index is 1040. The minimum Gasteiger partial charge on any atom is -0.350 e. The number of amides is 2. The zero-order valence-corrected chi connectivity index (χ0v) is 19.6. The lowest BCUT2D eigenvalue weighted by Gasteiger charge is -2.33. The lowest BCUT2D eigenvalue weighted by atomic mass is 10.0. The topological polar surface area (TPSA) is 49.4 Å². The molecule has 0 spiro atoms. The molecule has 1 N–H and O–H groups in total. The molecule has 0 aliphatic rings. The number of nitrogens with one attached hydrogen (secondary N) is 1. The fourth-order valence-corrected chi connectivity index (χ4v) is 3.66. The molecule has 0 aromatic heterocycles. The number of benzene rings is 3. The van der Waals surface area contributed by atoms with Crippen molar-refractivity contribution >= 4 is 35.0 Å². The third-order valence-corrected chi connectivity index (χ3v) is 5.60. The number of rotatable bonds is 8. The second-order valence-electron chi connectivity index (χ2n) is 7.90. The quantitative estimate of drug-likeness (QED) is 0.438. The van der Waals surface area contributed by atoms with Gasteiger partial charge >= 0.3 is 0 Å². The van der Waals surface area contributed by atoms with Crippen LogP contribution in [0.2, 0.25) is 10.0 Å². The van der Waals surface area contributed by atoms with Gasteiger partial charge in [0, 0.05) is 29.1 Å². The summed E-state index contributed by atoms with van der Waals surface area (Å²) in [6.45, 7) is 4.31. The molecule has 0 bridgehead atoms. The lowest BCUT2D eigenvalue weighted by Crippen LogP contribution is -2.44. The van der Waals surface area contributed by atoms with Crippen molar-refractivity contribution < 1.29 is 9.59 Å². The molecule has 0 heterocycles. The van der Waals surface area contributed by atoms with E-state index in [4.69, 9.17) is 23.2 Å². The molecule has 1 atom stereocenters. The molecule has 0 unspecified atom stereocenters. The first-order valence-corrected chi connectivity index (χ1v) is 11.2. The lowest BCUT2D eigenvalue weighted by molar-refractivity contribution is -0.144. The van der Waals surface area contributed by atoms with Crippen LogP contribution in [0.4, 0.5) is 0 Å². The van der Waals surface area contributed by atoms with Gasteiger partial charge in [-0.05, 0) is 41.0 Å². The van der Waals surface area contributed by atoms with Gasteiger partial charge < -0.3 is 10.2 Å². The van der Waals surface area contributed by atoms with Crippen molar-refractivity contribution in [2.24, 2.45) is 5.92 Å². The number of hydrogen-bond donors (Lipinski definition) is 1. The number of carbonyl (C=O) groups is 2. The van der Waals surface area contributed by atoms with Gasteiger partial charge in [0.25, 0.3) is 0 Å². The smallest absolute Gasteiger partial charge is 0.247 e. The first-order chi connectivity index (χ1) is 15.3. The monoisotopic (exact) mass is 468 g/mol. The molecule has 32 heavy (non-hydrogen) atoms. The highest BCUT2D eigenvalue weighted by Crippen LogP contribution is 2.26. The van der Waals surface area contributed by atoms with E-state index in [0.29, 0.717) is 23.1 Å². The van der Waals surface area contributed by atoms with Crippen LogP contribution in [-0.4, -0.2) is 16.7 Å². The Hall–Kier alpha value is -2.82. The number of nitrogens with zero attached hydrogens (tertiary/aromatic N) is 1. The van der Waals surface area contributed by atoms with E-state index in [0.717, 1.165) is 16.7 Å². The Labute approximate surface area is 199 Å². The van der Waals surface area contributed by atoms with Crippen LogP contribution in [-0.2, 0) is 22.7 Å². The van der Waals surface area contributed by atoms with Crippen molar-refractivity contribution in [3.63, 3.8) is 0 Å². The number of halogens is 2. The van der Waals surface area contributed by atoms with E-state index in [1.54, 1.807) is 29.2 Å². The first-order valence-electron chi connectivity index (χ1n) is 10.5. The Kier molecular flexibility index (Phi) is 8.32. The van der Waals surface area contributed by atoms with Crippen LogP contribution in [0.15, 0.2) is 78.9 Å². The molecular weight excluding hydrogens is 443 g/mol.